The summed E-state index contributed by atoms with van der Waals surface area (Å²) in [6.07, 6.45) is 3.73. The summed E-state index contributed by atoms with van der Waals surface area (Å²) in [5, 5.41) is 21.2. The summed E-state index contributed by atoms with van der Waals surface area (Å²) in [5.41, 5.74) is 2.51. The van der Waals surface area contributed by atoms with Gasteiger partial charge < -0.3 is 25.3 Å². The fourth-order valence-corrected chi connectivity index (χ4v) is 3.22. The molecule has 0 bridgehead atoms. The van der Waals surface area contributed by atoms with E-state index in [2.05, 4.69) is 32.0 Å². The summed E-state index contributed by atoms with van der Waals surface area (Å²) >= 11 is 0. The first-order valence-corrected chi connectivity index (χ1v) is 9.98. The number of amides is 2. The van der Waals surface area contributed by atoms with Crippen molar-refractivity contribution in [3.05, 3.63) is 54.1 Å². The summed E-state index contributed by atoms with van der Waals surface area (Å²) in [6, 6.07) is 6.30. The van der Waals surface area contributed by atoms with E-state index in [1.807, 2.05) is 24.3 Å². The van der Waals surface area contributed by atoms with Crippen LogP contribution in [0.2, 0.25) is 0 Å². The van der Waals surface area contributed by atoms with Gasteiger partial charge in [0, 0.05) is 49.8 Å². The summed E-state index contributed by atoms with van der Waals surface area (Å²) in [5.74, 6) is 5.40. The number of benzene rings is 1. The number of nitrogens with one attached hydrogen (secondary N) is 1. The molecule has 9 heteroatoms. The van der Waals surface area contributed by atoms with Gasteiger partial charge in [0.05, 0.1) is 12.3 Å². The lowest BCUT2D eigenvalue weighted by molar-refractivity contribution is -0.125. The van der Waals surface area contributed by atoms with Crippen molar-refractivity contribution >= 4 is 17.5 Å². The monoisotopic (exact) mass is 423 g/mol. The van der Waals surface area contributed by atoms with E-state index in [-0.39, 0.29) is 0 Å². The lowest BCUT2D eigenvalue weighted by Crippen LogP contribution is -2.57. The van der Waals surface area contributed by atoms with Crippen molar-refractivity contribution in [3.63, 3.8) is 0 Å². The summed E-state index contributed by atoms with van der Waals surface area (Å²) in [4.78, 5) is 36.0. The van der Waals surface area contributed by atoms with Crippen molar-refractivity contribution in [1.82, 2.24) is 20.2 Å². The molecule has 0 radical (unpaired) electrons. The fraction of sp³-hybridized carbons (Fsp3) is 0.364. The molecule has 1 aromatic heterocycles. The number of rotatable bonds is 5. The summed E-state index contributed by atoms with van der Waals surface area (Å²) in [6.45, 7) is 2.87. The molecule has 2 aromatic rings. The zero-order valence-corrected chi connectivity index (χ0v) is 17.2. The van der Waals surface area contributed by atoms with E-state index in [0.29, 0.717) is 31.9 Å². The molecule has 2 atom stereocenters. The van der Waals surface area contributed by atoms with Crippen LogP contribution < -0.4 is 10.2 Å². The van der Waals surface area contributed by atoms with Gasteiger partial charge in [-0.1, -0.05) is 5.92 Å². The molecule has 0 unspecified atom stereocenters. The van der Waals surface area contributed by atoms with Gasteiger partial charge in [0.1, 0.15) is 18.3 Å². The molecule has 3 N–H and O–H groups in total. The molecule has 3 rings (SSSR count). The van der Waals surface area contributed by atoms with E-state index >= 15 is 0 Å². The predicted molar refractivity (Wildman–Crippen MR) is 114 cm³/mol. The molecule has 1 aliphatic rings. The first-order chi connectivity index (χ1) is 15.0. The van der Waals surface area contributed by atoms with Gasteiger partial charge in [-0.05, 0) is 37.1 Å². The van der Waals surface area contributed by atoms with E-state index in [1.54, 1.807) is 23.5 Å². The number of hydrogen-bond acceptors (Lipinski definition) is 7. The molecule has 31 heavy (non-hydrogen) atoms. The van der Waals surface area contributed by atoms with Crippen molar-refractivity contribution < 1.29 is 19.8 Å². The van der Waals surface area contributed by atoms with E-state index in [4.69, 9.17) is 5.11 Å². The second-order valence-electron chi connectivity index (χ2n) is 7.15. The number of aliphatic hydroxyl groups excluding tert-OH is 2. The van der Waals surface area contributed by atoms with Crippen LogP contribution in [0, 0.1) is 11.8 Å². The van der Waals surface area contributed by atoms with E-state index < -0.39 is 30.6 Å². The van der Waals surface area contributed by atoms with Crippen molar-refractivity contribution in [2.45, 2.75) is 19.1 Å². The number of aromatic nitrogens is 2. The third-order valence-electron chi connectivity index (χ3n) is 4.96. The number of ketones is 1. The summed E-state index contributed by atoms with van der Waals surface area (Å²) < 4.78 is 0. The summed E-state index contributed by atoms with van der Waals surface area (Å²) in [7, 11) is 0. The number of carbonyl (C=O) groups excluding carboxylic acids is 2. The van der Waals surface area contributed by atoms with Crippen LogP contribution in [0.5, 0.6) is 0 Å². The van der Waals surface area contributed by atoms with Crippen molar-refractivity contribution in [2.24, 2.45) is 0 Å². The fourth-order valence-electron chi connectivity index (χ4n) is 3.22. The normalized spacial score (nSPS) is 15.5. The minimum atomic E-state index is -1.12. The molecular formula is C22H25N5O4. The van der Waals surface area contributed by atoms with Gasteiger partial charge in [-0.2, -0.15) is 0 Å². The molecule has 1 aliphatic heterocycles. The predicted octanol–water partition coefficient (Wildman–Crippen LogP) is 0.0188. The number of Topliss-reactive ketones (excluding diaryl/α,β-unsaturated/α-hetero) is 1. The zero-order valence-electron chi connectivity index (χ0n) is 17.2. The lowest BCUT2D eigenvalue weighted by Gasteiger charge is -2.36. The average molecular weight is 423 g/mol. The molecule has 0 saturated carbocycles. The Kier molecular flexibility index (Phi) is 7.54. The van der Waals surface area contributed by atoms with E-state index in [1.165, 1.54) is 6.92 Å². The second kappa shape index (κ2) is 10.5. The van der Waals surface area contributed by atoms with E-state index in [0.717, 1.165) is 11.3 Å². The van der Waals surface area contributed by atoms with Gasteiger partial charge in [-0.15, -0.1) is 0 Å². The molecule has 2 heterocycles. The number of anilines is 1. The topological polar surface area (TPSA) is 119 Å². The Labute approximate surface area is 180 Å². The molecule has 162 valence electrons. The molecule has 1 aromatic carbocycles. The van der Waals surface area contributed by atoms with Crippen LogP contribution in [0.15, 0.2) is 42.9 Å². The minimum absolute atomic E-state index is 0.429. The Morgan fingerprint density at radius 3 is 2.42 bits per heavy atom. The van der Waals surface area contributed by atoms with Crippen molar-refractivity contribution in [3.8, 4) is 11.8 Å². The van der Waals surface area contributed by atoms with Crippen molar-refractivity contribution in [2.75, 3.05) is 37.7 Å². The molecule has 0 spiro atoms. The molecule has 9 nitrogen and oxygen atoms in total. The largest absolute Gasteiger partial charge is 0.391 e. The Balaban J connectivity index is 1.54. The highest BCUT2D eigenvalue weighted by Crippen LogP contribution is 2.17. The van der Waals surface area contributed by atoms with Crippen molar-refractivity contribution in [1.29, 1.82) is 0 Å². The highest BCUT2D eigenvalue weighted by molar-refractivity contribution is 5.89. The highest BCUT2D eigenvalue weighted by atomic mass is 16.3. The average Bonchev–Trinajstić information content (AvgIpc) is 2.81. The Hall–Kier alpha value is -3.48. The molecular weight excluding hydrogens is 398 g/mol. The Morgan fingerprint density at radius 1 is 1.13 bits per heavy atom. The van der Waals surface area contributed by atoms with Crippen LogP contribution in [-0.2, 0) is 4.79 Å². The van der Waals surface area contributed by atoms with Crippen LogP contribution in [0.4, 0.5) is 10.5 Å². The maximum absolute atomic E-state index is 12.4. The van der Waals surface area contributed by atoms with Crippen LogP contribution in [0.1, 0.15) is 18.2 Å². The van der Waals surface area contributed by atoms with Gasteiger partial charge in [0.2, 0.25) is 0 Å². The van der Waals surface area contributed by atoms with Gasteiger partial charge in [-0.25, -0.2) is 9.78 Å². The molecule has 1 fully saturated rings. The first-order valence-electron chi connectivity index (χ1n) is 9.98. The third kappa shape index (κ3) is 6.01. The quantitative estimate of drug-likeness (QED) is 0.580. The third-order valence-corrected chi connectivity index (χ3v) is 4.96. The van der Waals surface area contributed by atoms with Gasteiger partial charge in [-0.3, -0.25) is 9.78 Å². The Morgan fingerprint density at radius 2 is 1.84 bits per heavy atom. The van der Waals surface area contributed by atoms with Gasteiger partial charge in [0.25, 0.3) is 0 Å². The first kappa shape index (κ1) is 22.2. The number of aliphatic hydroxyl groups is 2. The zero-order chi connectivity index (χ0) is 22.2. The maximum atomic E-state index is 12.4. The number of nitrogens with zero attached hydrogens (tertiary/aromatic N) is 4. The number of hydrogen-bond donors (Lipinski definition) is 3. The molecule has 2 amide bonds. The Bertz CT molecular complexity index is 945. The maximum Gasteiger partial charge on any atom is 0.318 e. The minimum Gasteiger partial charge on any atom is -0.391 e. The standard InChI is InChI=1S/C22H25N5O4/c1-16(29)21(20(30)15-28)25-22(31)27-12-10-26(11-13-27)19-6-3-17(4-7-19)2-5-18-14-23-8-9-24-18/h3-4,6-9,14,16,21,28-29H,10-13,15H2,1H3,(H,25,31)/t16-,21+/m1/s1. The molecule has 0 aliphatic carbocycles. The lowest BCUT2D eigenvalue weighted by atomic mass is 10.1. The van der Waals surface area contributed by atoms with Crippen LogP contribution in [0.3, 0.4) is 0 Å². The van der Waals surface area contributed by atoms with Crippen LogP contribution in [-0.4, -0.2) is 81.8 Å². The number of carbonyl (C=O) groups is 2. The molecule has 1 saturated heterocycles. The SMILES string of the molecule is C[C@@H](O)[C@H](NC(=O)N1CCN(c2ccc(C#Cc3cnccn3)cc2)CC1)C(=O)CO. The second-order valence-corrected chi connectivity index (χ2v) is 7.15. The highest BCUT2D eigenvalue weighted by Gasteiger charge is 2.28. The smallest absolute Gasteiger partial charge is 0.318 e. The van der Waals surface area contributed by atoms with Gasteiger partial charge >= 0.3 is 6.03 Å². The van der Waals surface area contributed by atoms with Gasteiger partial charge in [0.15, 0.2) is 5.78 Å². The number of urea groups is 1. The van der Waals surface area contributed by atoms with E-state index in [9.17, 15) is 14.7 Å². The number of piperazine rings is 1. The van der Waals surface area contributed by atoms with Crippen LogP contribution >= 0.6 is 0 Å². The van der Waals surface area contributed by atoms with Crippen LogP contribution in [0.25, 0.3) is 0 Å².